The molecule has 3 rings (SSSR count). The Bertz CT molecular complexity index is 1040. The molecule has 0 saturated carbocycles. The normalized spacial score (nSPS) is 12.0. The molecule has 0 saturated heterocycles. The van der Waals surface area contributed by atoms with E-state index in [0.717, 1.165) is 33.1 Å². The molecular weight excluding hydrogens is 418 g/mol. The second-order valence-electron chi connectivity index (χ2n) is 6.85. The molecule has 0 fully saturated rings. The van der Waals surface area contributed by atoms with Crippen molar-refractivity contribution in [1.82, 2.24) is 15.3 Å². The summed E-state index contributed by atoms with van der Waals surface area (Å²) in [6.45, 7) is 6.48. The molecule has 1 aromatic carbocycles. The summed E-state index contributed by atoms with van der Waals surface area (Å²) in [4.78, 5) is 24.0. The van der Waals surface area contributed by atoms with Crippen LogP contribution in [0.3, 0.4) is 0 Å². The van der Waals surface area contributed by atoms with E-state index in [1.54, 1.807) is 25.6 Å². The fraction of sp³-hybridized carbons (Fsp3) is 0.409. The molecule has 160 valence electrons. The lowest BCUT2D eigenvalue weighted by Gasteiger charge is -2.13. The molecule has 0 bridgehead atoms. The van der Waals surface area contributed by atoms with E-state index >= 15 is 0 Å². The Kier molecular flexibility index (Phi) is 7.55. The average Bonchev–Trinajstić information content (AvgIpc) is 3.16. The number of ether oxygens (including phenoxy) is 2. The fourth-order valence-electron chi connectivity index (χ4n) is 3.04. The molecule has 1 amide bonds. The highest BCUT2D eigenvalue weighted by Gasteiger charge is 2.18. The number of hydrogen-bond acceptors (Lipinski definition) is 7. The van der Waals surface area contributed by atoms with Gasteiger partial charge in [0.15, 0.2) is 11.5 Å². The molecule has 1 unspecified atom stereocenters. The van der Waals surface area contributed by atoms with Gasteiger partial charge in [-0.3, -0.25) is 4.79 Å². The van der Waals surface area contributed by atoms with Crippen LogP contribution in [0.5, 0.6) is 11.5 Å². The minimum Gasteiger partial charge on any atom is -0.493 e. The molecule has 0 spiro atoms. The summed E-state index contributed by atoms with van der Waals surface area (Å²) in [5.74, 6) is 2.11. The van der Waals surface area contributed by atoms with Gasteiger partial charge in [0, 0.05) is 16.8 Å². The van der Waals surface area contributed by atoms with E-state index in [0.29, 0.717) is 24.5 Å². The Labute approximate surface area is 185 Å². The molecule has 0 aliphatic rings. The van der Waals surface area contributed by atoms with E-state index in [-0.39, 0.29) is 11.2 Å². The average molecular weight is 446 g/mol. The number of benzene rings is 1. The summed E-state index contributed by atoms with van der Waals surface area (Å²) >= 11 is 3.18. The van der Waals surface area contributed by atoms with Crippen molar-refractivity contribution in [1.29, 1.82) is 0 Å². The lowest BCUT2D eigenvalue weighted by Crippen LogP contribution is -2.32. The maximum absolute atomic E-state index is 12.6. The van der Waals surface area contributed by atoms with Gasteiger partial charge in [0.25, 0.3) is 0 Å². The number of nitrogens with one attached hydrogen (secondary N) is 1. The zero-order chi connectivity index (χ0) is 21.7. The smallest absolute Gasteiger partial charge is 0.233 e. The number of carbonyl (C=O) groups is 1. The van der Waals surface area contributed by atoms with Crippen molar-refractivity contribution in [2.45, 2.75) is 43.9 Å². The van der Waals surface area contributed by atoms with Gasteiger partial charge in [-0.2, -0.15) is 0 Å². The first kappa shape index (κ1) is 22.4. The van der Waals surface area contributed by atoms with Gasteiger partial charge in [-0.25, -0.2) is 9.97 Å². The van der Waals surface area contributed by atoms with Gasteiger partial charge in [0.2, 0.25) is 5.91 Å². The highest BCUT2D eigenvalue weighted by Crippen LogP contribution is 2.33. The Hall–Kier alpha value is -2.32. The molecule has 0 radical (unpaired) electrons. The van der Waals surface area contributed by atoms with Crippen LogP contribution in [0.1, 0.15) is 30.1 Å². The van der Waals surface area contributed by atoms with E-state index < -0.39 is 0 Å². The van der Waals surface area contributed by atoms with Gasteiger partial charge < -0.3 is 14.8 Å². The number of carbonyl (C=O) groups excluding carboxylic acids is 1. The molecule has 1 N–H and O–H groups in total. The van der Waals surface area contributed by atoms with Gasteiger partial charge in [-0.15, -0.1) is 11.3 Å². The Morgan fingerprint density at radius 3 is 2.67 bits per heavy atom. The molecule has 8 heteroatoms. The number of amides is 1. The van der Waals surface area contributed by atoms with E-state index in [9.17, 15) is 4.79 Å². The third-order valence-corrected chi connectivity index (χ3v) is 6.96. The minimum absolute atomic E-state index is 0.00386. The number of rotatable bonds is 9. The molecule has 0 aliphatic heterocycles. The first-order valence-electron chi connectivity index (χ1n) is 9.87. The predicted octanol–water partition coefficient (Wildman–Crippen LogP) is 4.42. The van der Waals surface area contributed by atoms with Crippen LogP contribution in [0.4, 0.5) is 0 Å². The van der Waals surface area contributed by atoms with Crippen LogP contribution in [0.25, 0.3) is 10.2 Å². The van der Waals surface area contributed by atoms with E-state index in [1.807, 2.05) is 32.0 Å². The molecule has 6 nitrogen and oxygen atoms in total. The second kappa shape index (κ2) is 10.1. The van der Waals surface area contributed by atoms with E-state index in [2.05, 4.69) is 28.3 Å². The molecule has 1 atom stereocenters. The van der Waals surface area contributed by atoms with Gasteiger partial charge >= 0.3 is 0 Å². The third-order valence-electron chi connectivity index (χ3n) is 4.69. The van der Waals surface area contributed by atoms with E-state index in [4.69, 9.17) is 9.47 Å². The summed E-state index contributed by atoms with van der Waals surface area (Å²) in [5.41, 5.74) is 1.08. The van der Waals surface area contributed by atoms with Gasteiger partial charge in [-0.05, 0) is 50.5 Å². The van der Waals surface area contributed by atoms with Gasteiger partial charge in [0.1, 0.15) is 15.7 Å². The highest BCUT2D eigenvalue weighted by molar-refractivity contribution is 8.00. The van der Waals surface area contributed by atoms with Crippen molar-refractivity contribution in [2.75, 3.05) is 20.8 Å². The van der Waals surface area contributed by atoms with Crippen molar-refractivity contribution >= 4 is 39.2 Å². The van der Waals surface area contributed by atoms with Crippen molar-refractivity contribution in [2.24, 2.45) is 0 Å². The topological polar surface area (TPSA) is 73.3 Å². The van der Waals surface area contributed by atoms with Crippen molar-refractivity contribution in [3.05, 3.63) is 40.5 Å². The molecule has 2 heterocycles. The maximum Gasteiger partial charge on any atom is 0.233 e. The lowest BCUT2D eigenvalue weighted by atomic mass is 10.1. The number of nitrogens with zero attached hydrogens (tertiary/aromatic N) is 2. The van der Waals surface area contributed by atoms with Crippen LogP contribution in [0, 0.1) is 6.92 Å². The number of aromatic nitrogens is 2. The van der Waals surface area contributed by atoms with Crippen molar-refractivity contribution < 1.29 is 14.3 Å². The largest absolute Gasteiger partial charge is 0.493 e. The first-order valence-corrected chi connectivity index (χ1v) is 11.6. The molecule has 0 aliphatic carbocycles. The standard InChI is InChI=1S/C22H27N3O3S2/c1-6-16-12-17-21(24-14(3)25-22(17)30-16)29-13(2)20(26)23-10-9-15-7-8-18(27-4)19(11-15)28-5/h7-8,11-13H,6,9-10H2,1-5H3,(H,23,26). The third kappa shape index (κ3) is 5.23. The summed E-state index contributed by atoms with van der Waals surface area (Å²) in [7, 11) is 3.23. The number of methoxy groups -OCH3 is 2. The van der Waals surface area contributed by atoms with Gasteiger partial charge in [-0.1, -0.05) is 24.8 Å². The van der Waals surface area contributed by atoms with Crippen molar-refractivity contribution in [3.63, 3.8) is 0 Å². The summed E-state index contributed by atoms with van der Waals surface area (Å²) in [6.07, 6.45) is 1.68. The zero-order valence-electron chi connectivity index (χ0n) is 17.9. The molecular formula is C22H27N3O3S2. The fourth-order valence-corrected chi connectivity index (χ4v) is 5.11. The van der Waals surface area contributed by atoms with Crippen LogP contribution in [0.15, 0.2) is 29.3 Å². The zero-order valence-corrected chi connectivity index (χ0v) is 19.6. The molecule has 2 aromatic heterocycles. The quantitative estimate of drug-likeness (QED) is 0.388. The summed E-state index contributed by atoms with van der Waals surface area (Å²) < 4.78 is 10.6. The number of hydrogen-bond donors (Lipinski definition) is 1. The number of aryl methyl sites for hydroxylation is 2. The van der Waals surface area contributed by atoms with Crippen LogP contribution < -0.4 is 14.8 Å². The second-order valence-corrected chi connectivity index (χ2v) is 9.30. The van der Waals surface area contributed by atoms with Crippen LogP contribution >= 0.6 is 23.1 Å². The number of fused-ring (bicyclic) bond motifs is 1. The van der Waals surface area contributed by atoms with Crippen molar-refractivity contribution in [3.8, 4) is 11.5 Å². The van der Waals surface area contributed by atoms with E-state index in [1.165, 1.54) is 16.6 Å². The van der Waals surface area contributed by atoms with Gasteiger partial charge in [0.05, 0.1) is 19.5 Å². The highest BCUT2D eigenvalue weighted by atomic mass is 32.2. The SMILES string of the molecule is CCc1cc2c(SC(C)C(=O)NCCc3ccc(OC)c(OC)c3)nc(C)nc2s1. The number of thioether (sulfide) groups is 1. The lowest BCUT2D eigenvalue weighted by molar-refractivity contribution is -0.120. The molecule has 3 aromatic rings. The van der Waals surface area contributed by atoms with Crippen LogP contribution in [0.2, 0.25) is 0 Å². The number of thiophene rings is 1. The Balaban J connectivity index is 1.60. The summed E-state index contributed by atoms with van der Waals surface area (Å²) in [5, 5.41) is 4.68. The van der Waals surface area contributed by atoms with Crippen LogP contribution in [-0.2, 0) is 17.6 Å². The monoisotopic (exact) mass is 445 g/mol. The predicted molar refractivity (Wildman–Crippen MR) is 123 cm³/mol. The Morgan fingerprint density at radius 1 is 1.20 bits per heavy atom. The maximum atomic E-state index is 12.6. The minimum atomic E-state index is -0.252. The Morgan fingerprint density at radius 2 is 1.97 bits per heavy atom. The summed E-state index contributed by atoms with van der Waals surface area (Å²) in [6, 6.07) is 7.94. The van der Waals surface area contributed by atoms with Crippen LogP contribution in [-0.4, -0.2) is 41.9 Å². The first-order chi connectivity index (χ1) is 14.4. The molecule has 30 heavy (non-hydrogen) atoms.